The summed E-state index contributed by atoms with van der Waals surface area (Å²) >= 11 is 0. The van der Waals surface area contributed by atoms with Crippen LogP contribution in [0.1, 0.15) is 20.3 Å². The summed E-state index contributed by atoms with van der Waals surface area (Å²) in [6.45, 7) is 4.10. The fourth-order valence-electron chi connectivity index (χ4n) is 1.56. The highest BCUT2D eigenvalue weighted by molar-refractivity contribution is 5.84. The summed E-state index contributed by atoms with van der Waals surface area (Å²) in [4.78, 5) is 15.9. The van der Waals surface area contributed by atoms with Gasteiger partial charge in [0.2, 0.25) is 0 Å². The molecule has 1 heterocycles. The van der Waals surface area contributed by atoms with Gasteiger partial charge in [-0.15, -0.1) is 0 Å². The van der Waals surface area contributed by atoms with Crippen molar-refractivity contribution in [2.75, 3.05) is 0 Å². The molecule has 2 aromatic rings. The number of imidazole rings is 1. The number of carbonyl (C=O) groups excluding carboxylic acids is 1. The number of rotatable bonds is 4. The van der Waals surface area contributed by atoms with E-state index in [0.717, 1.165) is 23.2 Å². The van der Waals surface area contributed by atoms with Crippen molar-refractivity contribution in [3.05, 3.63) is 30.6 Å². The number of hydrazone groups is 1. The molecule has 0 fully saturated rings. The fraction of sp³-hybridized carbons (Fsp3) is 0.308. The largest absolute Gasteiger partial charge is 0.321 e. The van der Waals surface area contributed by atoms with Crippen LogP contribution in [0.15, 0.2) is 35.7 Å². The minimum absolute atomic E-state index is 0.147. The number of para-hydroxylation sites is 2. The van der Waals surface area contributed by atoms with Crippen LogP contribution in [-0.2, 0) is 11.3 Å². The smallest absolute Gasteiger partial charge is 0.260 e. The number of nitrogens with one attached hydrogen (secondary N) is 1. The highest BCUT2D eigenvalue weighted by atomic mass is 16.2. The molecule has 5 nitrogen and oxygen atoms in total. The lowest BCUT2D eigenvalue weighted by molar-refractivity contribution is -0.121. The minimum Gasteiger partial charge on any atom is -0.321 e. The first-order valence-electron chi connectivity index (χ1n) is 5.92. The Bertz CT molecular complexity index is 585. The van der Waals surface area contributed by atoms with Crippen molar-refractivity contribution in [2.45, 2.75) is 26.8 Å². The van der Waals surface area contributed by atoms with Crippen LogP contribution in [0.5, 0.6) is 0 Å². The monoisotopic (exact) mass is 244 g/mol. The van der Waals surface area contributed by atoms with E-state index in [9.17, 15) is 4.79 Å². The highest BCUT2D eigenvalue weighted by Crippen LogP contribution is 2.11. The fourth-order valence-corrected chi connectivity index (χ4v) is 1.56. The van der Waals surface area contributed by atoms with Gasteiger partial charge in [-0.05, 0) is 25.5 Å². The zero-order chi connectivity index (χ0) is 13.0. The van der Waals surface area contributed by atoms with Gasteiger partial charge in [0.1, 0.15) is 6.54 Å². The molecule has 0 aliphatic rings. The summed E-state index contributed by atoms with van der Waals surface area (Å²) in [5, 5.41) is 3.99. The lowest BCUT2D eigenvalue weighted by atomic mass is 10.3. The molecule has 0 atom stereocenters. The first-order valence-corrected chi connectivity index (χ1v) is 5.92. The summed E-state index contributed by atoms with van der Waals surface area (Å²) in [6.07, 6.45) is 2.49. The molecule has 1 N–H and O–H groups in total. The van der Waals surface area contributed by atoms with Crippen molar-refractivity contribution >= 4 is 22.7 Å². The van der Waals surface area contributed by atoms with Crippen LogP contribution < -0.4 is 5.43 Å². The van der Waals surface area contributed by atoms with Crippen LogP contribution in [0.4, 0.5) is 0 Å². The van der Waals surface area contributed by atoms with Crippen LogP contribution in [0.3, 0.4) is 0 Å². The van der Waals surface area contributed by atoms with E-state index in [0.29, 0.717) is 0 Å². The molecule has 5 heteroatoms. The molecule has 0 aliphatic heterocycles. The summed E-state index contributed by atoms with van der Waals surface area (Å²) in [5.41, 5.74) is 5.27. The van der Waals surface area contributed by atoms with Gasteiger partial charge in [-0.2, -0.15) is 5.10 Å². The Balaban J connectivity index is 2.07. The number of fused-ring (bicyclic) bond motifs is 1. The first kappa shape index (κ1) is 12.3. The summed E-state index contributed by atoms with van der Waals surface area (Å²) < 4.78 is 1.81. The number of hydrogen-bond donors (Lipinski definition) is 1. The van der Waals surface area contributed by atoms with Gasteiger partial charge in [0.15, 0.2) is 0 Å². The third-order valence-corrected chi connectivity index (χ3v) is 2.72. The maximum absolute atomic E-state index is 11.7. The lowest BCUT2D eigenvalue weighted by Crippen LogP contribution is -2.23. The Hall–Kier alpha value is -2.17. The van der Waals surface area contributed by atoms with Crippen molar-refractivity contribution in [1.82, 2.24) is 15.0 Å². The maximum atomic E-state index is 11.7. The van der Waals surface area contributed by atoms with Gasteiger partial charge in [0.05, 0.1) is 17.4 Å². The molecular formula is C13H16N4O. The van der Waals surface area contributed by atoms with Gasteiger partial charge >= 0.3 is 0 Å². The second kappa shape index (κ2) is 5.44. The van der Waals surface area contributed by atoms with Crippen molar-refractivity contribution in [2.24, 2.45) is 5.10 Å². The zero-order valence-electron chi connectivity index (χ0n) is 10.6. The Morgan fingerprint density at radius 3 is 3.00 bits per heavy atom. The molecule has 1 aromatic heterocycles. The third-order valence-electron chi connectivity index (χ3n) is 2.72. The van der Waals surface area contributed by atoms with E-state index >= 15 is 0 Å². The van der Waals surface area contributed by atoms with Crippen molar-refractivity contribution in [3.63, 3.8) is 0 Å². The van der Waals surface area contributed by atoms with Gasteiger partial charge in [-0.1, -0.05) is 19.1 Å². The number of benzene rings is 1. The average molecular weight is 244 g/mol. The molecule has 0 aliphatic carbocycles. The van der Waals surface area contributed by atoms with E-state index < -0.39 is 0 Å². The molecule has 0 saturated heterocycles. The van der Waals surface area contributed by atoms with Crippen molar-refractivity contribution < 1.29 is 4.79 Å². The highest BCUT2D eigenvalue weighted by Gasteiger charge is 2.05. The van der Waals surface area contributed by atoms with Crippen molar-refractivity contribution in [1.29, 1.82) is 0 Å². The number of amides is 1. The third kappa shape index (κ3) is 2.74. The molecule has 0 spiro atoms. The predicted octanol–water partition coefficient (Wildman–Crippen LogP) is 1.94. The second-order valence-corrected chi connectivity index (χ2v) is 4.10. The molecule has 0 unspecified atom stereocenters. The minimum atomic E-state index is -0.147. The molecule has 2 rings (SSSR count). The van der Waals surface area contributed by atoms with Gasteiger partial charge in [-0.3, -0.25) is 4.79 Å². The molecular weight excluding hydrogens is 228 g/mol. The van der Waals surface area contributed by atoms with E-state index in [4.69, 9.17) is 0 Å². The Kier molecular flexibility index (Phi) is 3.72. The van der Waals surface area contributed by atoms with Gasteiger partial charge in [0, 0.05) is 5.71 Å². The predicted molar refractivity (Wildman–Crippen MR) is 71.3 cm³/mol. The summed E-state index contributed by atoms with van der Waals surface area (Å²) in [5.74, 6) is -0.147. The standard InChI is InChI=1S/C13H16N4O/c1-3-10(2)15-16-13(18)8-17-9-14-11-6-4-5-7-12(11)17/h4-7,9H,3,8H2,1-2H3,(H,16,18)/b15-10-. The number of nitrogens with zero attached hydrogens (tertiary/aromatic N) is 3. The van der Waals surface area contributed by atoms with Gasteiger partial charge in [0.25, 0.3) is 5.91 Å². The molecule has 1 amide bonds. The first-order chi connectivity index (χ1) is 8.70. The second-order valence-electron chi connectivity index (χ2n) is 4.10. The van der Waals surface area contributed by atoms with Gasteiger partial charge in [-0.25, -0.2) is 10.4 Å². The van der Waals surface area contributed by atoms with Crippen LogP contribution in [0.2, 0.25) is 0 Å². The van der Waals surface area contributed by atoms with E-state index in [-0.39, 0.29) is 12.5 Å². The SMILES string of the molecule is CC/C(C)=N\NC(=O)Cn1cnc2ccccc21. The number of aromatic nitrogens is 2. The average Bonchev–Trinajstić information content (AvgIpc) is 2.79. The molecule has 18 heavy (non-hydrogen) atoms. The van der Waals surface area contributed by atoms with E-state index in [1.165, 1.54) is 0 Å². The van der Waals surface area contributed by atoms with Crippen LogP contribution in [-0.4, -0.2) is 21.2 Å². The number of hydrogen-bond acceptors (Lipinski definition) is 3. The normalized spacial score (nSPS) is 11.8. The van der Waals surface area contributed by atoms with E-state index in [2.05, 4.69) is 15.5 Å². The molecule has 0 bridgehead atoms. The Labute approximate surface area is 106 Å². The molecule has 1 aromatic carbocycles. The van der Waals surface area contributed by atoms with E-state index in [1.807, 2.05) is 42.7 Å². The van der Waals surface area contributed by atoms with E-state index in [1.54, 1.807) is 6.33 Å². The summed E-state index contributed by atoms with van der Waals surface area (Å²) in [6, 6.07) is 7.71. The summed E-state index contributed by atoms with van der Waals surface area (Å²) in [7, 11) is 0. The quantitative estimate of drug-likeness (QED) is 0.660. The molecule has 94 valence electrons. The van der Waals surface area contributed by atoms with Crippen LogP contribution in [0.25, 0.3) is 11.0 Å². The van der Waals surface area contributed by atoms with Crippen LogP contribution >= 0.6 is 0 Å². The lowest BCUT2D eigenvalue weighted by Gasteiger charge is -2.03. The topological polar surface area (TPSA) is 59.3 Å². The molecule has 0 radical (unpaired) electrons. The zero-order valence-corrected chi connectivity index (χ0v) is 10.6. The maximum Gasteiger partial charge on any atom is 0.260 e. The number of carbonyl (C=O) groups is 1. The van der Waals surface area contributed by atoms with Crippen LogP contribution in [0, 0.1) is 0 Å². The Morgan fingerprint density at radius 1 is 1.44 bits per heavy atom. The Morgan fingerprint density at radius 2 is 2.22 bits per heavy atom. The molecule has 0 saturated carbocycles. The van der Waals surface area contributed by atoms with Crippen molar-refractivity contribution in [3.8, 4) is 0 Å². The van der Waals surface area contributed by atoms with Gasteiger partial charge < -0.3 is 4.57 Å².